The van der Waals surface area contributed by atoms with Crippen molar-refractivity contribution >= 4 is 19.9 Å². The Hall–Kier alpha value is -2.25. The molecule has 2 heterocycles. The van der Waals surface area contributed by atoms with Gasteiger partial charge in [0.2, 0.25) is 0 Å². The summed E-state index contributed by atoms with van der Waals surface area (Å²) in [6.07, 6.45) is 3.40. The van der Waals surface area contributed by atoms with Crippen LogP contribution < -0.4 is 9.64 Å². The van der Waals surface area contributed by atoms with E-state index in [0.717, 1.165) is 11.4 Å². The maximum atomic E-state index is 13.4. The largest absolute Gasteiger partial charge is 0.497 e. The van der Waals surface area contributed by atoms with Gasteiger partial charge < -0.3 is 9.16 Å². The Balaban J connectivity index is 2.02. The monoisotopic (exact) mass is 399 g/mol. The van der Waals surface area contributed by atoms with Crippen LogP contribution in [0.1, 0.15) is 39.6 Å². The second kappa shape index (κ2) is 6.97. The molecular weight excluding hydrogens is 370 g/mol. The molecule has 6 nitrogen and oxygen atoms in total. The van der Waals surface area contributed by atoms with Gasteiger partial charge in [0.1, 0.15) is 11.8 Å². The van der Waals surface area contributed by atoms with E-state index in [1.54, 1.807) is 30.5 Å². The van der Waals surface area contributed by atoms with E-state index in [-0.39, 0.29) is 17.0 Å². The third-order valence-corrected chi connectivity index (χ3v) is 10.4. The standard InChI is InChI=1S/C21H29N3O3Si/c1-20(2,3)28(6,7)27-21(4)17(18-22-13-8-14-23-18)24(19(21)25)15-9-11-16(26-5)12-10-15/h8-14,17H,1-7H3/t17-,21+/m1/s1. The molecule has 0 unspecified atom stereocenters. The Morgan fingerprint density at radius 1 is 1.11 bits per heavy atom. The molecule has 1 aliphatic heterocycles. The first-order valence-electron chi connectivity index (χ1n) is 9.46. The molecule has 0 saturated carbocycles. The number of hydrogen-bond donors (Lipinski definition) is 0. The van der Waals surface area contributed by atoms with Crippen molar-refractivity contribution in [1.29, 1.82) is 0 Å². The quantitative estimate of drug-likeness (QED) is 0.552. The normalized spacial score (nSPS) is 22.8. The van der Waals surface area contributed by atoms with Crippen molar-refractivity contribution in [2.45, 2.75) is 57.5 Å². The smallest absolute Gasteiger partial charge is 0.261 e. The highest BCUT2D eigenvalue weighted by Crippen LogP contribution is 2.51. The van der Waals surface area contributed by atoms with E-state index in [0.29, 0.717) is 5.82 Å². The number of nitrogens with zero attached hydrogens (tertiary/aromatic N) is 3. The number of aromatic nitrogens is 2. The van der Waals surface area contributed by atoms with Crippen LogP contribution in [0.5, 0.6) is 5.75 Å². The fourth-order valence-corrected chi connectivity index (χ4v) is 4.82. The summed E-state index contributed by atoms with van der Waals surface area (Å²) < 4.78 is 11.9. The Labute approximate surface area is 168 Å². The molecule has 7 heteroatoms. The van der Waals surface area contributed by atoms with Gasteiger partial charge in [0.05, 0.1) is 7.11 Å². The molecule has 1 aliphatic rings. The molecule has 2 atom stereocenters. The number of rotatable bonds is 5. The lowest BCUT2D eigenvalue weighted by molar-refractivity contribution is -0.149. The molecule has 0 radical (unpaired) electrons. The van der Waals surface area contributed by atoms with Crippen LogP contribution in [-0.4, -0.2) is 36.9 Å². The topological polar surface area (TPSA) is 64.5 Å². The molecule has 2 aromatic rings. The van der Waals surface area contributed by atoms with Gasteiger partial charge in [-0.15, -0.1) is 0 Å². The molecule has 1 amide bonds. The predicted molar refractivity (Wildman–Crippen MR) is 112 cm³/mol. The van der Waals surface area contributed by atoms with Crippen LogP contribution >= 0.6 is 0 Å². The Morgan fingerprint density at radius 2 is 1.68 bits per heavy atom. The summed E-state index contributed by atoms with van der Waals surface area (Å²) >= 11 is 0. The van der Waals surface area contributed by atoms with E-state index in [2.05, 4.69) is 43.8 Å². The van der Waals surface area contributed by atoms with E-state index >= 15 is 0 Å². The van der Waals surface area contributed by atoms with Gasteiger partial charge in [-0.2, -0.15) is 0 Å². The van der Waals surface area contributed by atoms with Gasteiger partial charge in [0, 0.05) is 18.1 Å². The summed E-state index contributed by atoms with van der Waals surface area (Å²) in [5.74, 6) is 1.25. The third kappa shape index (κ3) is 3.33. The molecular formula is C21H29N3O3Si. The lowest BCUT2D eigenvalue weighted by atomic mass is 9.82. The number of β-lactam (4-membered cyclic amide) rings is 1. The van der Waals surface area contributed by atoms with E-state index < -0.39 is 13.9 Å². The Kier molecular flexibility index (Phi) is 5.10. The number of amides is 1. The molecule has 1 aromatic carbocycles. The van der Waals surface area contributed by atoms with Gasteiger partial charge in [-0.3, -0.25) is 9.69 Å². The highest BCUT2D eigenvalue weighted by molar-refractivity contribution is 6.74. The van der Waals surface area contributed by atoms with Crippen molar-refractivity contribution in [2.75, 3.05) is 12.0 Å². The first kappa shape index (κ1) is 20.5. The second-order valence-electron chi connectivity index (χ2n) is 8.85. The van der Waals surface area contributed by atoms with Gasteiger partial charge in [-0.25, -0.2) is 9.97 Å². The Morgan fingerprint density at radius 3 is 2.18 bits per heavy atom. The lowest BCUT2D eigenvalue weighted by Crippen LogP contribution is -2.71. The van der Waals surface area contributed by atoms with Crippen LogP contribution in [0.4, 0.5) is 5.69 Å². The van der Waals surface area contributed by atoms with Crippen LogP contribution in [0.25, 0.3) is 0 Å². The molecule has 0 spiro atoms. The van der Waals surface area contributed by atoms with Crippen molar-refractivity contribution in [1.82, 2.24) is 9.97 Å². The summed E-state index contributed by atoms with van der Waals surface area (Å²) in [7, 11) is -0.575. The maximum absolute atomic E-state index is 13.4. The van der Waals surface area contributed by atoms with Crippen molar-refractivity contribution in [2.24, 2.45) is 0 Å². The van der Waals surface area contributed by atoms with E-state index in [1.807, 2.05) is 31.2 Å². The zero-order valence-electron chi connectivity index (χ0n) is 17.7. The van der Waals surface area contributed by atoms with Gasteiger partial charge in [0.15, 0.2) is 19.7 Å². The molecule has 3 rings (SSSR count). The van der Waals surface area contributed by atoms with E-state index in [9.17, 15) is 4.79 Å². The first-order chi connectivity index (χ1) is 13.0. The fourth-order valence-electron chi connectivity index (χ4n) is 3.26. The van der Waals surface area contributed by atoms with Crippen LogP contribution in [-0.2, 0) is 9.22 Å². The van der Waals surface area contributed by atoms with Crippen molar-refractivity contribution < 1.29 is 14.0 Å². The van der Waals surface area contributed by atoms with Gasteiger partial charge in [-0.05, 0) is 55.4 Å². The minimum Gasteiger partial charge on any atom is -0.497 e. The Bertz CT molecular complexity index is 849. The highest BCUT2D eigenvalue weighted by Gasteiger charge is 2.63. The molecule has 1 fully saturated rings. The van der Waals surface area contributed by atoms with Crippen LogP contribution in [0, 0.1) is 0 Å². The number of benzene rings is 1. The molecule has 0 bridgehead atoms. The number of carbonyl (C=O) groups excluding carboxylic acids is 1. The van der Waals surface area contributed by atoms with Gasteiger partial charge >= 0.3 is 0 Å². The van der Waals surface area contributed by atoms with Crippen molar-refractivity contribution in [3.63, 3.8) is 0 Å². The van der Waals surface area contributed by atoms with Crippen molar-refractivity contribution in [3.8, 4) is 5.75 Å². The first-order valence-corrected chi connectivity index (χ1v) is 12.4. The molecule has 28 heavy (non-hydrogen) atoms. The highest BCUT2D eigenvalue weighted by atomic mass is 28.4. The lowest BCUT2D eigenvalue weighted by Gasteiger charge is -2.56. The molecule has 1 aromatic heterocycles. The average Bonchev–Trinajstić information content (AvgIpc) is 2.65. The van der Waals surface area contributed by atoms with Crippen LogP contribution in [0.15, 0.2) is 42.7 Å². The van der Waals surface area contributed by atoms with Gasteiger partial charge in [0.25, 0.3) is 5.91 Å². The molecule has 0 N–H and O–H groups in total. The summed E-state index contributed by atoms with van der Waals surface area (Å²) in [4.78, 5) is 24.0. The molecule has 1 saturated heterocycles. The summed E-state index contributed by atoms with van der Waals surface area (Å²) in [6.45, 7) is 12.7. The van der Waals surface area contributed by atoms with Crippen LogP contribution in [0.2, 0.25) is 18.1 Å². The number of carbonyl (C=O) groups is 1. The fraction of sp³-hybridized carbons (Fsp3) is 0.476. The minimum atomic E-state index is -2.19. The average molecular weight is 400 g/mol. The third-order valence-electron chi connectivity index (χ3n) is 5.88. The van der Waals surface area contributed by atoms with E-state index in [4.69, 9.17) is 9.16 Å². The molecule has 150 valence electrons. The number of hydrogen-bond acceptors (Lipinski definition) is 5. The predicted octanol–water partition coefficient (Wildman–Crippen LogP) is 4.35. The summed E-state index contributed by atoms with van der Waals surface area (Å²) in [5, 5.41) is -0.0150. The number of methoxy groups -OCH3 is 1. The van der Waals surface area contributed by atoms with Gasteiger partial charge in [-0.1, -0.05) is 20.8 Å². The number of anilines is 1. The summed E-state index contributed by atoms with van der Waals surface area (Å²) in [5.41, 5.74) is -0.218. The zero-order valence-corrected chi connectivity index (χ0v) is 18.7. The maximum Gasteiger partial charge on any atom is 0.261 e. The number of ether oxygens (including phenoxy) is 1. The SMILES string of the molecule is COc1ccc(N2C(=O)[C@@](C)(O[Si](C)(C)C(C)(C)C)[C@H]2c2ncccn2)cc1. The molecule has 0 aliphatic carbocycles. The van der Waals surface area contributed by atoms with Crippen molar-refractivity contribution in [3.05, 3.63) is 48.5 Å². The van der Waals surface area contributed by atoms with Crippen LogP contribution in [0.3, 0.4) is 0 Å². The second-order valence-corrected chi connectivity index (χ2v) is 13.6. The summed E-state index contributed by atoms with van der Waals surface area (Å²) in [6, 6.07) is 8.82. The minimum absolute atomic E-state index is 0.0150. The van der Waals surface area contributed by atoms with E-state index in [1.165, 1.54) is 0 Å². The zero-order chi connectivity index (χ0) is 20.7.